The summed E-state index contributed by atoms with van der Waals surface area (Å²) in [5, 5.41) is 12.0. The van der Waals surface area contributed by atoms with E-state index in [0.717, 1.165) is 17.7 Å². The fourth-order valence-electron chi connectivity index (χ4n) is 2.14. The van der Waals surface area contributed by atoms with Gasteiger partial charge in [0.2, 0.25) is 0 Å². The lowest BCUT2D eigenvalue weighted by Gasteiger charge is -2.15. The number of ether oxygens (including phenoxy) is 1. The van der Waals surface area contributed by atoms with Gasteiger partial charge in [-0.3, -0.25) is 10.1 Å². The molecule has 1 aromatic rings. The lowest BCUT2D eigenvalue weighted by Crippen LogP contribution is -2.31. The van der Waals surface area contributed by atoms with Crippen molar-refractivity contribution in [2.24, 2.45) is 0 Å². The van der Waals surface area contributed by atoms with E-state index in [2.05, 4.69) is 5.32 Å². The third-order valence-electron chi connectivity index (χ3n) is 2.96. The van der Waals surface area contributed by atoms with E-state index in [1.54, 1.807) is 7.11 Å². The summed E-state index contributed by atoms with van der Waals surface area (Å²) >= 11 is 0. The molecule has 1 heterocycles. The Bertz CT molecular complexity index is 392. The minimum absolute atomic E-state index is 0.0808. The molecule has 0 aliphatic carbocycles. The van der Waals surface area contributed by atoms with Crippen LogP contribution in [0.5, 0.6) is 5.75 Å². The minimum atomic E-state index is -0.780. The van der Waals surface area contributed by atoms with Gasteiger partial charge < -0.3 is 9.84 Å². The van der Waals surface area contributed by atoms with Gasteiger partial charge in [-0.2, -0.15) is 0 Å². The van der Waals surface area contributed by atoms with Crippen molar-refractivity contribution >= 4 is 5.97 Å². The van der Waals surface area contributed by atoms with E-state index in [9.17, 15) is 4.79 Å². The molecule has 0 amide bonds. The number of hydrogen-bond donors (Lipinski definition) is 2. The van der Waals surface area contributed by atoms with Gasteiger partial charge in [0.05, 0.1) is 7.11 Å². The number of carboxylic acid groups (broad SMARTS) is 1. The van der Waals surface area contributed by atoms with E-state index in [4.69, 9.17) is 9.84 Å². The van der Waals surface area contributed by atoms with Gasteiger partial charge >= 0.3 is 5.97 Å². The SMILES string of the molecule is COc1ccccc1C1CCC(C(=O)O)N1. The van der Waals surface area contributed by atoms with E-state index < -0.39 is 12.0 Å². The number of para-hydroxylation sites is 1. The number of methoxy groups -OCH3 is 1. The van der Waals surface area contributed by atoms with Crippen molar-refractivity contribution in [3.05, 3.63) is 29.8 Å². The van der Waals surface area contributed by atoms with Crippen molar-refractivity contribution in [2.45, 2.75) is 24.9 Å². The maximum Gasteiger partial charge on any atom is 0.320 e. The smallest absolute Gasteiger partial charge is 0.320 e. The molecule has 1 saturated heterocycles. The topological polar surface area (TPSA) is 58.6 Å². The first-order valence-electron chi connectivity index (χ1n) is 5.34. The van der Waals surface area contributed by atoms with Crippen LogP contribution in [0.15, 0.2) is 24.3 Å². The molecule has 0 spiro atoms. The van der Waals surface area contributed by atoms with Gasteiger partial charge in [-0.05, 0) is 18.9 Å². The van der Waals surface area contributed by atoms with Crippen molar-refractivity contribution in [1.82, 2.24) is 5.32 Å². The fourth-order valence-corrected chi connectivity index (χ4v) is 2.14. The molecular formula is C12H15NO3. The number of hydrogen-bond acceptors (Lipinski definition) is 3. The Kier molecular flexibility index (Phi) is 3.10. The molecule has 0 radical (unpaired) electrons. The molecule has 86 valence electrons. The van der Waals surface area contributed by atoms with Crippen LogP contribution in [0.4, 0.5) is 0 Å². The number of nitrogens with one attached hydrogen (secondary N) is 1. The summed E-state index contributed by atoms with van der Waals surface area (Å²) in [5.74, 6) is 0.0310. The molecule has 1 aromatic carbocycles. The summed E-state index contributed by atoms with van der Waals surface area (Å²) < 4.78 is 5.27. The highest BCUT2D eigenvalue weighted by Gasteiger charge is 2.30. The van der Waals surface area contributed by atoms with Crippen LogP contribution in [0.3, 0.4) is 0 Å². The summed E-state index contributed by atoms with van der Waals surface area (Å²) in [7, 11) is 1.63. The quantitative estimate of drug-likeness (QED) is 0.813. The fraction of sp³-hybridized carbons (Fsp3) is 0.417. The highest BCUT2D eigenvalue weighted by Crippen LogP contribution is 2.32. The Morgan fingerprint density at radius 2 is 2.19 bits per heavy atom. The first-order chi connectivity index (χ1) is 7.72. The summed E-state index contributed by atoms with van der Waals surface area (Å²) in [5.41, 5.74) is 1.04. The summed E-state index contributed by atoms with van der Waals surface area (Å²) in [6.45, 7) is 0. The van der Waals surface area contributed by atoms with E-state index >= 15 is 0 Å². The van der Waals surface area contributed by atoms with Crippen LogP contribution in [0.2, 0.25) is 0 Å². The second-order valence-electron chi connectivity index (χ2n) is 3.93. The number of carbonyl (C=O) groups is 1. The molecule has 0 aromatic heterocycles. The molecule has 0 saturated carbocycles. The average molecular weight is 221 g/mol. The average Bonchev–Trinajstić information content (AvgIpc) is 2.78. The number of benzene rings is 1. The molecule has 0 bridgehead atoms. The van der Waals surface area contributed by atoms with Crippen LogP contribution in [0.25, 0.3) is 0 Å². The van der Waals surface area contributed by atoms with Gasteiger partial charge in [0.15, 0.2) is 0 Å². The van der Waals surface area contributed by atoms with Gasteiger partial charge in [0.1, 0.15) is 11.8 Å². The van der Waals surface area contributed by atoms with Crippen LogP contribution in [-0.4, -0.2) is 24.2 Å². The van der Waals surface area contributed by atoms with Crippen molar-refractivity contribution in [3.63, 3.8) is 0 Å². The Labute approximate surface area is 94.2 Å². The molecule has 2 atom stereocenters. The molecule has 2 rings (SSSR count). The van der Waals surface area contributed by atoms with Gasteiger partial charge in [-0.25, -0.2) is 0 Å². The van der Waals surface area contributed by atoms with E-state index in [1.165, 1.54) is 0 Å². The van der Waals surface area contributed by atoms with Gasteiger partial charge in [0.25, 0.3) is 0 Å². The predicted octanol–water partition coefficient (Wildman–Crippen LogP) is 1.57. The van der Waals surface area contributed by atoms with Crippen molar-refractivity contribution < 1.29 is 14.6 Å². The van der Waals surface area contributed by atoms with Crippen molar-refractivity contribution in [3.8, 4) is 5.75 Å². The number of aliphatic carboxylic acids is 1. The lowest BCUT2D eigenvalue weighted by atomic mass is 10.0. The summed E-state index contributed by atoms with van der Waals surface area (Å²) in [6, 6.07) is 7.36. The standard InChI is InChI=1S/C12H15NO3/c1-16-11-5-3-2-4-8(11)9-6-7-10(13-9)12(14)15/h2-5,9-10,13H,6-7H2,1H3,(H,14,15). The molecule has 1 aliphatic heterocycles. The zero-order valence-corrected chi connectivity index (χ0v) is 9.14. The first-order valence-corrected chi connectivity index (χ1v) is 5.34. The van der Waals surface area contributed by atoms with Gasteiger partial charge in [0, 0.05) is 11.6 Å². The lowest BCUT2D eigenvalue weighted by molar-refractivity contribution is -0.139. The second kappa shape index (κ2) is 4.53. The molecule has 2 N–H and O–H groups in total. The Morgan fingerprint density at radius 3 is 2.81 bits per heavy atom. The highest BCUT2D eigenvalue weighted by atomic mass is 16.5. The van der Waals surface area contributed by atoms with E-state index in [1.807, 2.05) is 24.3 Å². The number of carboxylic acids is 1. The minimum Gasteiger partial charge on any atom is -0.496 e. The zero-order valence-electron chi connectivity index (χ0n) is 9.14. The summed E-state index contributed by atoms with van der Waals surface area (Å²) in [4.78, 5) is 10.8. The van der Waals surface area contributed by atoms with Crippen molar-refractivity contribution in [2.75, 3.05) is 7.11 Å². The monoisotopic (exact) mass is 221 g/mol. The Hall–Kier alpha value is -1.55. The summed E-state index contributed by atoms with van der Waals surface area (Å²) in [6.07, 6.45) is 1.50. The molecule has 2 unspecified atom stereocenters. The van der Waals surface area contributed by atoms with Gasteiger partial charge in [-0.15, -0.1) is 0 Å². The second-order valence-corrected chi connectivity index (χ2v) is 3.93. The third kappa shape index (κ3) is 2.02. The predicted molar refractivity (Wildman–Crippen MR) is 59.5 cm³/mol. The Morgan fingerprint density at radius 1 is 1.44 bits per heavy atom. The first kappa shape index (κ1) is 11.0. The van der Waals surface area contributed by atoms with Crippen molar-refractivity contribution in [1.29, 1.82) is 0 Å². The molecule has 4 heteroatoms. The largest absolute Gasteiger partial charge is 0.496 e. The molecule has 1 aliphatic rings. The molecular weight excluding hydrogens is 206 g/mol. The van der Waals surface area contributed by atoms with E-state index in [-0.39, 0.29) is 6.04 Å². The normalized spacial score (nSPS) is 24.3. The zero-order chi connectivity index (χ0) is 11.5. The van der Waals surface area contributed by atoms with E-state index in [0.29, 0.717) is 6.42 Å². The maximum atomic E-state index is 10.8. The maximum absolute atomic E-state index is 10.8. The highest BCUT2D eigenvalue weighted by molar-refractivity contribution is 5.74. The molecule has 1 fully saturated rings. The molecule has 16 heavy (non-hydrogen) atoms. The van der Waals surface area contributed by atoms with Gasteiger partial charge in [-0.1, -0.05) is 18.2 Å². The van der Waals surface area contributed by atoms with Crippen LogP contribution >= 0.6 is 0 Å². The van der Waals surface area contributed by atoms with Crippen LogP contribution in [0, 0.1) is 0 Å². The number of rotatable bonds is 3. The Balaban J connectivity index is 2.17. The van der Waals surface area contributed by atoms with Crippen LogP contribution in [0.1, 0.15) is 24.4 Å². The van der Waals surface area contributed by atoms with Crippen LogP contribution < -0.4 is 10.1 Å². The third-order valence-corrected chi connectivity index (χ3v) is 2.96. The molecule has 4 nitrogen and oxygen atoms in total. The van der Waals surface area contributed by atoms with Crippen LogP contribution in [-0.2, 0) is 4.79 Å².